The number of nitrogens with one attached hydrogen (secondary N) is 3. The van der Waals surface area contributed by atoms with E-state index in [4.69, 9.17) is 6.57 Å². The van der Waals surface area contributed by atoms with Crippen LogP contribution in [0.1, 0.15) is 38.3 Å². The van der Waals surface area contributed by atoms with Gasteiger partial charge in [-0.3, -0.25) is 9.89 Å². The molecule has 1 unspecified atom stereocenters. The minimum Gasteiger partial charge on any atom is -0.302 e. The lowest BCUT2D eigenvalue weighted by Crippen LogP contribution is -2.47. The highest BCUT2D eigenvalue weighted by Crippen LogP contribution is 2.36. The van der Waals surface area contributed by atoms with Gasteiger partial charge in [-0.1, -0.05) is 18.2 Å². The van der Waals surface area contributed by atoms with Crippen molar-refractivity contribution in [2.24, 2.45) is 0 Å². The molecule has 2 heterocycles. The maximum Gasteiger partial charge on any atom is 0.264 e. The van der Waals surface area contributed by atoms with E-state index in [0.29, 0.717) is 12.1 Å². The zero-order valence-corrected chi connectivity index (χ0v) is 18.5. The molecule has 2 aromatic heterocycles. The quantitative estimate of drug-likeness (QED) is 0.506. The van der Waals surface area contributed by atoms with Crippen LogP contribution in [0.5, 0.6) is 0 Å². The third kappa shape index (κ3) is 4.93. The summed E-state index contributed by atoms with van der Waals surface area (Å²) in [7, 11) is -1.30. The molecular formula is C21H24N4O2S2. The van der Waals surface area contributed by atoms with Gasteiger partial charge in [0.15, 0.2) is 5.69 Å². The van der Waals surface area contributed by atoms with Gasteiger partial charge in [-0.15, -0.1) is 11.3 Å². The standard InChI is InChI=1S/C21H24N4O2S2/c1-20(2,3)29(27)25-21(4,12-17-11-19(26)24-23-17)18-10-15(13-28-18)14-7-6-8-16(9-14)22-5/h6-11,13,25H,12H2,1-4H3,(H2,23,24,26)/t21-,29?/m0/s1. The SMILES string of the molecule is [C-]#[N+]c1cccc(-c2csc([C@](C)(Cc3cc(=O)[nH][nH]3)NS(=O)C(C)(C)C)c2)c1. The first-order valence-electron chi connectivity index (χ1n) is 9.14. The first-order chi connectivity index (χ1) is 13.6. The largest absolute Gasteiger partial charge is 0.302 e. The van der Waals surface area contributed by atoms with Crippen LogP contribution in [0.3, 0.4) is 0 Å². The number of aromatic amines is 2. The molecule has 0 saturated carbocycles. The average molecular weight is 429 g/mol. The van der Waals surface area contributed by atoms with Crippen molar-refractivity contribution in [1.82, 2.24) is 14.9 Å². The summed E-state index contributed by atoms with van der Waals surface area (Å²) in [6.45, 7) is 15.0. The smallest absolute Gasteiger partial charge is 0.264 e. The first kappa shape index (κ1) is 21.2. The third-order valence-electron chi connectivity index (χ3n) is 4.52. The fraction of sp³-hybridized carbons (Fsp3) is 0.333. The lowest BCUT2D eigenvalue weighted by atomic mass is 9.94. The molecule has 3 rings (SSSR count). The Morgan fingerprint density at radius 1 is 1.14 bits per heavy atom. The number of benzene rings is 1. The van der Waals surface area contributed by atoms with Crippen molar-refractivity contribution in [2.75, 3.05) is 0 Å². The molecule has 3 N–H and O–H groups in total. The molecule has 0 spiro atoms. The summed E-state index contributed by atoms with van der Waals surface area (Å²) in [5.74, 6) is 0. The number of nitrogens with zero attached hydrogens (tertiary/aromatic N) is 1. The Morgan fingerprint density at radius 3 is 2.52 bits per heavy atom. The van der Waals surface area contributed by atoms with Crippen molar-refractivity contribution < 1.29 is 4.21 Å². The molecule has 6 nitrogen and oxygen atoms in total. The predicted molar refractivity (Wildman–Crippen MR) is 120 cm³/mol. The molecule has 8 heteroatoms. The Labute approximate surface area is 176 Å². The summed E-state index contributed by atoms with van der Waals surface area (Å²) in [6, 6.07) is 11.1. The van der Waals surface area contributed by atoms with E-state index in [9.17, 15) is 9.00 Å². The van der Waals surface area contributed by atoms with Crippen molar-refractivity contribution in [2.45, 2.75) is 44.4 Å². The van der Waals surface area contributed by atoms with Crippen LogP contribution in [0.2, 0.25) is 0 Å². The molecule has 29 heavy (non-hydrogen) atoms. The Hall–Kier alpha value is -2.47. The van der Waals surface area contributed by atoms with Crippen LogP contribution in [0, 0.1) is 6.57 Å². The van der Waals surface area contributed by atoms with Crippen molar-refractivity contribution >= 4 is 28.0 Å². The van der Waals surface area contributed by atoms with Crippen LogP contribution in [-0.2, 0) is 22.9 Å². The zero-order chi connectivity index (χ0) is 21.2. The summed E-state index contributed by atoms with van der Waals surface area (Å²) < 4.78 is 15.8. The molecular weight excluding hydrogens is 404 g/mol. The molecule has 0 aliphatic rings. The molecule has 0 aliphatic carbocycles. The number of rotatable bonds is 6. The Kier molecular flexibility index (Phi) is 5.94. The second kappa shape index (κ2) is 8.11. The minimum atomic E-state index is -1.30. The van der Waals surface area contributed by atoms with Gasteiger partial charge in [0.2, 0.25) is 0 Å². The first-order valence-corrected chi connectivity index (χ1v) is 11.2. The van der Waals surface area contributed by atoms with Crippen LogP contribution >= 0.6 is 11.3 Å². The van der Waals surface area contributed by atoms with Gasteiger partial charge in [-0.05, 0) is 56.3 Å². The number of thiophene rings is 1. The topological polar surface area (TPSA) is 82.1 Å². The highest BCUT2D eigenvalue weighted by Gasteiger charge is 2.34. The van der Waals surface area contributed by atoms with Crippen molar-refractivity contribution in [3.8, 4) is 11.1 Å². The molecule has 0 amide bonds. The monoisotopic (exact) mass is 428 g/mol. The summed E-state index contributed by atoms with van der Waals surface area (Å²) >= 11 is 1.57. The van der Waals surface area contributed by atoms with Gasteiger partial charge < -0.3 is 5.10 Å². The van der Waals surface area contributed by atoms with Crippen LogP contribution in [0.4, 0.5) is 5.69 Å². The Balaban J connectivity index is 1.99. The molecule has 2 atom stereocenters. The van der Waals surface area contributed by atoms with E-state index < -0.39 is 21.3 Å². The number of hydrogen-bond donors (Lipinski definition) is 3. The Bertz CT molecular complexity index is 1130. The molecule has 0 fully saturated rings. The molecule has 152 valence electrons. The lowest BCUT2D eigenvalue weighted by molar-refractivity contribution is 0.441. The van der Waals surface area contributed by atoms with Gasteiger partial charge in [-0.25, -0.2) is 13.8 Å². The van der Waals surface area contributed by atoms with Gasteiger partial charge >= 0.3 is 0 Å². The van der Waals surface area contributed by atoms with Crippen LogP contribution < -0.4 is 10.3 Å². The van der Waals surface area contributed by atoms with E-state index in [2.05, 4.69) is 25.8 Å². The second-order valence-corrected chi connectivity index (χ2v) is 11.0. The van der Waals surface area contributed by atoms with Gasteiger partial charge in [0.1, 0.15) is 0 Å². The molecule has 0 saturated heterocycles. The van der Waals surface area contributed by atoms with E-state index >= 15 is 0 Å². The summed E-state index contributed by atoms with van der Waals surface area (Å²) in [6.07, 6.45) is 0.468. The maximum atomic E-state index is 12.9. The normalized spacial score (nSPS) is 14.9. The molecule has 0 bridgehead atoms. The number of aromatic nitrogens is 2. The van der Waals surface area contributed by atoms with E-state index in [0.717, 1.165) is 21.7 Å². The third-order valence-corrected chi connectivity index (χ3v) is 7.46. The zero-order valence-electron chi connectivity index (χ0n) is 16.8. The van der Waals surface area contributed by atoms with Crippen LogP contribution in [0.15, 0.2) is 46.6 Å². The van der Waals surface area contributed by atoms with Crippen molar-refractivity contribution in [3.05, 3.63) is 74.1 Å². The van der Waals surface area contributed by atoms with Gasteiger partial charge in [0.25, 0.3) is 5.56 Å². The molecule has 0 aliphatic heterocycles. The van der Waals surface area contributed by atoms with Crippen molar-refractivity contribution in [1.29, 1.82) is 0 Å². The fourth-order valence-electron chi connectivity index (χ4n) is 2.91. The minimum absolute atomic E-state index is 0.192. The molecule has 3 aromatic rings. The van der Waals surface area contributed by atoms with Crippen LogP contribution in [0.25, 0.3) is 16.0 Å². The molecule has 0 radical (unpaired) electrons. The number of H-pyrrole nitrogens is 2. The highest BCUT2D eigenvalue weighted by molar-refractivity contribution is 7.84. The fourth-order valence-corrected chi connectivity index (χ4v) is 4.91. The summed E-state index contributed by atoms with van der Waals surface area (Å²) in [4.78, 5) is 16.1. The summed E-state index contributed by atoms with van der Waals surface area (Å²) in [5.41, 5.74) is 2.46. The van der Waals surface area contributed by atoms with E-state index in [-0.39, 0.29) is 5.56 Å². The van der Waals surface area contributed by atoms with E-state index in [1.54, 1.807) is 17.4 Å². The van der Waals surface area contributed by atoms with Gasteiger partial charge in [0, 0.05) is 23.1 Å². The predicted octanol–water partition coefficient (Wildman–Crippen LogP) is 4.49. The van der Waals surface area contributed by atoms with Crippen LogP contribution in [-0.4, -0.2) is 19.2 Å². The van der Waals surface area contributed by atoms with E-state index in [1.807, 2.05) is 51.3 Å². The molecule has 1 aromatic carbocycles. The maximum absolute atomic E-state index is 12.9. The lowest BCUT2D eigenvalue weighted by Gasteiger charge is -2.32. The summed E-state index contributed by atoms with van der Waals surface area (Å²) in [5, 5.41) is 7.49. The van der Waals surface area contributed by atoms with Gasteiger partial charge in [0.05, 0.1) is 27.8 Å². The second-order valence-electron chi connectivity index (χ2n) is 8.14. The number of hydrogen-bond acceptors (Lipinski definition) is 3. The average Bonchev–Trinajstić information content (AvgIpc) is 3.30. The van der Waals surface area contributed by atoms with Gasteiger partial charge in [-0.2, -0.15) is 0 Å². The van der Waals surface area contributed by atoms with E-state index in [1.165, 1.54) is 6.07 Å². The van der Waals surface area contributed by atoms with Crippen molar-refractivity contribution in [3.63, 3.8) is 0 Å². The highest BCUT2D eigenvalue weighted by atomic mass is 32.2. The Morgan fingerprint density at radius 2 is 1.90 bits per heavy atom.